The van der Waals surface area contributed by atoms with Gasteiger partial charge in [0.05, 0.1) is 11.4 Å². The van der Waals surface area contributed by atoms with Crippen molar-refractivity contribution in [3.05, 3.63) is 182 Å². The Morgan fingerprint density at radius 1 is 0.339 bits per heavy atom. The molecule has 11 rings (SSSR count). The fourth-order valence-electron chi connectivity index (χ4n) is 7.66. The molecule has 6 nitrogen and oxygen atoms in total. The first-order chi connectivity index (χ1) is 27.7. The number of benzene rings is 7. The van der Waals surface area contributed by atoms with Crippen molar-refractivity contribution in [1.29, 1.82) is 0 Å². The smallest absolute Gasteiger partial charge is 0.160 e. The van der Waals surface area contributed by atoms with Crippen molar-refractivity contribution >= 4 is 43.9 Å². The summed E-state index contributed by atoms with van der Waals surface area (Å²) in [5.41, 5.74) is 12.8. The maximum Gasteiger partial charge on any atom is 0.160 e. The molecular formula is C50H30N4O2. The van der Waals surface area contributed by atoms with Crippen LogP contribution in [0.1, 0.15) is 0 Å². The molecule has 0 saturated heterocycles. The van der Waals surface area contributed by atoms with Crippen molar-refractivity contribution in [1.82, 2.24) is 19.9 Å². The Morgan fingerprint density at radius 3 is 1.68 bits per heavy atom. The number of nitrogens with zero attached hydrogens (tertiary/aromatic N) is 4. The van der Waals surface area contributed by atoms with Gasteiger partial charge in [0.1, 0.15) is 22.3 Å². The Kier molecular flexibility index (Phi) is 7.38. The van der Waals surface area contributed by atoms with Crippen molar-refractivity contribution in [3.8, 4) is 67.5 Å². The van der Waals surface area contributed by atoms with E-state index in [-0.39, 0.29) is 0 Å². The highest BCUT2D eigenvalue weighted by atomic mass is 16.3. The summed E-state index contributed by atoms with van der Waals surface area (Å²) in [7, 11) is 0. The molecule has 6 heteroatoms. The molecule has 56 heavy (non-hydrogen) atoms. The zero-order valence-corrected chi connectivity index (χ0v) is 29.9. The zero-order chi connectivity index (χ0) is 37.0. The van der Waals surface area contributed by atoms with Gasteiger partial charge < -0.3 is 8.83 Å². The lowest BCUT2D eigenvalue weighted by atomic mass is 9.95. The predicted octanol–water partition coefficient (Wildman–Crippen LogP) is 13.1. The number of rotatable bonds is 6. The van der Waals surface area contributed by atoms with Crippen LogP contribution >= 0.6 is 0 Å². The van der Waals surface area contributed by atoms with Crippen LogP contribution in [-0.4, -0.2) is 19.9 Å². The third kappa shape index (κ3) is 5.43. The molecule has 0 atom stereocenters. The second kappa shape index (κ2) is 13.0. The molecule has 0 amide bonds. The SMILES string of the molecule is c1ccc(-c2cc(-c3ccc(-c4ccc5oc6ccccc6c5c4)c4c3oc3ccccc34)nc(-c3ccc(-c4cnc(-c5ccccc5)nc4)cc3)n2)cc1. The number of fused-ring (bicyclic) bond motifs is 6. The molecule has 262 valence electrons. The Hall–Kier alpha value is -7.70. The van der Waals surface area contributed by atoms with Crippen molar-refractivity contribution in [2.24, 2.45) is 0 Å². The fourth-order valence-corrected chi connectivity index (χ4v) is 7.66. The van der Waals surface area contributed by atoms with Crippen LogP contribution in [0, 0.1) is 0 Å². The number of hydrogen-bond donors (Lipinski definition) is 0. The minimum absolute atomic E-state index is 0.620. The van der Waals surface area contributed by atoms with Gasteiger partial charge in [-0.1, -0.05) is 133 Å². The normalized spacial score (nSPS) is 11.6. The Labute approximate surface area is 321 Å². The Balaban J connectivity index is 1.04. The molecule has 11 aromatic rings. The summed E-state index contributed by atoms with van der Waals surface area (Å²) in [6.45, 7) is 0. The molecule has 0 radical (unpaired) electrons. The molecule has 0 aliphatic heterocycles. The lowest BCUT2D eigenvalue weighted by Gasteiger charge is -2.12. The lowest BCUT2D eigenvalue weighted by Crippen LogP contribution is -1.96. The van der Waals surface area contributed by atoms with E-state index in [1.165, 1.54) is 0 Å². The third-order valence-electron chi connectivity index (χ3n) is 10.4. The Bertz CT molecular complexity index is 3220. The topological polar surface area (TPSA) is 77.8 Å². The third-order valence-corrected chi connectivity index (χ3v) is 10.4. The standard InChI is InChI=1S/C50H30N4O2/c1-3-11-32(12-4-1)42-28-43(54-50(53-42)34-21-19-31(20-22-34)36-29-51-49(52-30-36)33-13-5-2-6-14-33)39-25-24-37(47-40-16-8-10-18-45(40)56-48(39)47)35-23-26-46-41(27-35)38-15-7-9-17-44(38)55-46/h1-30H. The highest BCUT2D eigenvalue weighted by molar-refractivity contribution is 6.17. The number of aromatic nitrogens is 4. The molecule has 7 aromatic carbocycles. The number of para-hydroxylation sites is 2. The van der Waals surface area contributed by atoms with Gasteiger partial charge in [-0.25, -0.2) is 19.9 Å². The van der Waals surface area contributed by atoms with Gasteiger partial charge in [0.15, 0.2) is 11.6 Å². The molecule has 0 bridgehead atoms. The summed E-state index contributed by atoms with van der Waals surface area (Å²) in [6, 6.07) is 57.7. The summed E-state index contributed by atoms with van der Waals surface area (Å²) < 4.78 is 12.9. The van der Waals surface area contributed by atoms with E-state index in [4.69, 9.17) is 18.8 Å². The van der Waals surface area contributed by atoms with E-state index >= 15 is 0 Å². The summed E-state index contributed by atoms with van der Waals surface area (Å²) in [6.07, 6.45) is 3.74. The van der Waals surface area contributed by atoms with Gasteiger partial charge in [-0.3, -0.25) is 0 Å². The first kappa shape index (κ1) is 31.8. The molecule has 4 heterocycles. The van der Waals surface area contributed by atoms with Crippen LogP contribution in [0.4, 0.5) is 0 Å². The van der Waals surface area contributed by atoms with E-state index in [0.29, 0.717) is 11.6 Å². The van der Waals surface area contributed by atoms with Crippen LogP contribution in [0.3, 0.4) is 0 Å². The minimum Gasteiger partial charge on any atom is -0.456 e. The summed E-state index contributed by atoms with van der Waals surface area (Å²) in [5.74, 6) is 1.32. The number of furan rings is 2. The average Bonchev–Trinajstić information content (AvgIpc) is 3.85. The quantitative estimate of drug-likeness (QED) is 0.170. The molecule has 0 aliphatic rings. The van der Waals surface area contributed by atoms with E-state index in [0.717, 1.165) is 99.8 Å². The minimum atomic E-state index is 0.620. The molecule has 0 aliphatic carbocycles. The van der Waals surface area contributed by atoms with Gasteiger partial charge in [0.2, 0.25) is 0 Å². The van der Waals surface area contributed by atoms with E-state index < -0.39 is 0 Å². The van der Waals surface area contributed by atoms with Crippen molar-refractivity contribution in [2.45, 2.75) is 0 Å². The first-order valence-electron chi connectivity index (χ1n) is 18.5. The Morgan fingerprint density at radius 2 is 0.911 bits per heavy atom. The van der Waals surface area contributed by atoms with Crippen LogP contribution in [-0.2, 0) is 0 Å². The van der Waals surface area contributed by atoms with E-state index in [1.54, 1.807) is 0 Å². The molecule has 0 spiro atoms. The summed E-state index contributed by atoms with van der Waals surface area (Å²) in [5, 5.41) is 4.26. The van der Waals surface area contributed by atoms with Gasteiger partial charge in [0, 0.05) is 61.8 Å². The van der Waals surface area contributed by atoms with Crippen molar-refractivity contribution in [2.75, 3.05) is 0 Å². The maximum absolute atomic E-state index is 6.74. The van der Waals surface area contributed by atoms with Crippen LogP contribution < -0.4 is 0 Å². The molecule has 0 saturated carbocycles. The predicted molar refractivity (Wildman–Crippen MR) is 225 cm³/mol. The monoisotopic (exact) mass is 718 g/mol. The van der Waals surface area contributed by atoms with Gasteiger partial charge in [-0.2, -0.15) is 0 Å². The highest BCUT2D eigenvalue weighted by Gasteiger charge is 2.20. The van der Waals surface area contributed by atoms with E-state index in [2.05, 4.69) is 101 Å². The van der Waals surface area contributed by atoms with Crippen LogP contribution in [0.2, 0.25) is 0 Å². The van der Waals surface area contributed by atoms with Crippen LogP contribution in [0.15, 0.2) is 191 Å². The lowest BCUT2D eigenvalue weighted by molar-refractivity contribution is 0.669. The van der Waals surface area contributed by atoms with Crippen LogP contribution in [0.25, 0.3) is 111 Å². The van der Waals surface area contributed by atoms with Gasteiger partial charge in [0.25, 0.3) is 0 Å². The van der Waals surface area contributed by atoms with Gasteiger partial charge in [-0.05, 0) is 53.1 Å². The first-order valence-corrected chi connectivity index (χ1v) is 18.5. The largest absolute Gasteiger partial charge is 0.456 e. The van der Waals surface area contributed by atoms with Crippen molar-refractivity contribution in [3.63, 3.8) is 0 Å². The molecular weight excluding hydrogens is 689 g/mol. The van der Waals surface area contributed by atoms with Crippen LogP contribution in [0.5, 0.6) is 0 Å². The van der Waals surface area contributed by atoms with E-state index in [1.807, 2.05) is 91.3 Å². The number of hydrogen-bond acceptors (Lipinski definition) is 6. The second-order valence-corrected chi connectivity index (χ2v) is 13.8. The average molecular weight is 719 g/mol. The van der Waals surface area contributed by atoms with E-state index in [9.17, 15) is 0 Å². The van der Waals surface area contributed by atoms with Gasteiger partial charge in [-0.15, -0.1) is 0 Å². The summed E-state index contributed by atoms with van der Waals surface area (Å²) in [4.78, 5) is 19.6. The zero-order valence-electron chi connectivity index (χ0n) is 29.9. The molecule has 0 fully saturated rings. The second-order valence-electron chi connectivity index (χ2n) is 13.8. The highest BCUT2D eigenvalue weighted by Crippen LogP contribution is 2.43. The molecule has 0 unspecified atom stereocenters. The molecule has 0 N–H and O–H groups in total. The maximum atomic E-state index is 6.74. The van der Waals surface area contributed by atoms with Gasteiger partial charge >= 0.3 is 0 Å². The van der Waals surface area contributed by atoms with Crippen molar-refractivity contribution < 1.29 is 8.83 Å². The fraction of sp³-hybridized carbons (Fsp3) is 0. The summed E-state index contributed by atoms with van der Waals surface area (Å²) >= 11 is 0. The molecule has 4 aromatic heterocycles.